The van der Waals surface area contributed by atoms with Crippen molar-refractivity contribution in [2.24, 2.45) is 11.5 Å². The van der Waals surface area contributed by atoms with Crippen molar-refractivity contribution < 1.29 is 14.3 Å². The Bertz CT molecular complexity index is 266. The number of methoxy groups -OCH3 is 1. The van der Waals surface area contributed by atoms with E-state index < -0.39 is 11.9 Å². The molecule has 1 rings (SSSR count). The van der Waals surface area contributed by atoms with Crippen LogP contribution in [0.2, 0.25) is 0 Å². The van der Waals surface area contributed by atoms with Gasteiger partial charge in [0.1, 0.15) is 6.04 Å². The van der Waals surface area contributed by atoms with Crippen LogP contribution in [0.4, 0.5) is 0 Å². The zero-order valence-corrected chi connectivity index (χ0v) is 9.52. The molecular weight excluding hydrogens is 210 g/mol. The molecule has 0 aromatic rings. The van der Waals surface area contributed by atoms with Crippen LogP contribution in [0.25, 0.3) is 0 Å². The highest BCUT2D eigenvalue weighted by Gasteiger charge is 2.33. The fraction of sp³-hybridized carbons (Fsp3) is 0.800. The van der Waals surface area contributed by atoms with Crippen molar-refractivity contribution in [1.29, 1.82) is 0 Å². The van der Waals surface area contributed by atoms with Crippen LogP contribution >= 0.6 is 0 Å². The molecule has 92 valence electrons. The molecule has 0 saturated carbocycles. The van der Waals surface area contributed by atoms with Gasteiger partial charge in [-0.25, -0.2) is 0 Å². The van der Waals surface area contributed by atoms with Gasteiger partial charge in [0.15, 0.2) is 0 Å². The average molecular weight is 229 g/mol. The second-order valence-corrected chi connectivity index (χ2v) is 3.95. The van der Waals surface area contributed by atoms with Gasteiger partial charge in [-0.15, -0.1) is 0 Å². The van der Waals surface area contributed by atoms with E-state index in [0.29, 0.717) is 13.0 Å². The second-order valence-electron chi connectivity index (χ2n) is 3.95. The van der Waals surface area contributed by atoms with E-state index in [9.17, 15) is 9.59 Å². The van der Waals surface area contributed by atoms with Crippen LogP contribution in [0.5, 0.6) is 0 Å². The Kier molecular flexibility index (Phi) is 4.70. The van der Waals surface area contributed by atoms with E-state index in [1.54, 1.807) is 0 Å². The molecule has 0 radical (unpaired) electrons. The summed E-state index contributed by atoms with van der Waals surface area (Å²) in [7, 11) is 1.51. The van der Waals surface area contributed by atoms with E-state index in [1.807, 2.05) is 0 Å². The number of amides is 2. The summed E-state index contributed by atoms with van der Waals surface area (Å²) in [6.45, 7) is 0.880. The van der Waals surface area contributed by atoms with Gasteiger partial charge in [0.05, 0.1) is 12.5 Å². The van der Waals surface area contributed by atoms with E-state index in [0.717, 1.165) is 6.42 Å². The zero-order chi connectivity index (χ0) is 12.1. The first-order valence-electron chi connectivity index (χ1n) is 5.41. The molecule has 1 aliphatic rings. The van der Waals surface area contributed by atoms with Crippen molar-refractivity contribution in [2.45, 2.75) is 31.4 Å². The van der Waals surface area contributed by atoms with Crippen LogP contribution in [-0.2, 0) is 14.3 Å². The van der Waals surface area contributed by atoms with Gasteiger partial charge in [-0.3, -0.25) is 9.59 Å². The molecule has 1 fully saturated rings. The number of rotatable bonds is 5. The smallest absolute Gasteiger partial charge is 0.240 e. The Morgan fingerprint density at radius 3 is 2.75 bits per heavy atom. The number of hydrogen-bond acceptors (Lipinski definition) is 4. The van der Waals surface area contributed by atoms with Crippen molar-refractivity contribution in [2.75, 3.05) is 20.2 Å². The molecule has 0 aromatic carbocycles. The number of nitrogens with zero attached hydrogens (tertiary/aromatic N) is 1. The first-order chi connectivity index (χ1) is 7.60. The van der Waals surface area contributed by atoms with Gasteiger partial charge < -0.3 is 21.1 Å². The van der Waals surface area contributed by atoms with Gasteiger partial charge in [-0.2, -0.15) is 0 Å². The number of carbonyl (C=O) groups excluding carboxylic acids is 2. The molecule has 1 saturated heterocycles. The number of hydrogen-bond donors (Lipinski definition) is 2. The van der Waals surface area contributed by atoms with E-state index in [1.165, 1.54) is 12.0 Å². The minimum atomic E-state index is -0.456. The third kappa shape index (κ3) is 2.93. The number of nitrogens with two attached hydrogens (primary N) is 2. The summed E-state index contributed by atoms with van der Waals surface area (Å²) < 4.78 is 5.04. The Balaban J connectivity index is 2.56. The minimum absolute atomic E-state index is 0.112. The molecule has 2 atom stereocenters. The van der Waals surface area contributed by atoms with Crippen molar-refractivity contribution in [3.8, 4) is 0 Å². The van der Waals surface area contributed by atoms with Gasteiger partial charge in [0.25, 0.3) is 0 Å². The van der Waals surface area contributed by atoms with Crippen LogP contribution in [-0.4, -0.2) is 49.1 Å². The maximum atomic E-state index is 11.9. The van der Waals surface area contributed by atoms with Crippen LogP contribution < -0.4 is 11.5 Å². The SMILES string of the molecule is COC(CN)CC(=O)N1CCCC1C(N)=O. The Morgan fingerprint density at radius 1 is 1.56 bits per heavy atom. The first-order valence-corrected chi connectivity index (χ1v) is 5.41. The highest BCUT2D eigenvalue weighted by molar-refractivity contribution is 5.87. The van der Waals surface area contributed by atoms with Crippen LogP contribution in [0.15, 0.2) is 0 Å². The molecule has 4 N–H and O–H groups in total. The Labute approximate surface area is 94.9 Å². The lowest BCUT2D eigenvalue weighted by Crippen LogP contribution is -2.45. The fourth-order valence-electron chi connectivity index (χ4n) is 1.94. The summed E-state index contributed by atoms with van der Waals surface area (Å²) in [6, 6.07) is -0.456. The van der Waals surface area contributed by atoms with Crippen LogP contribution in [0.1, 0.15) is 19.3 Å². The highest BCUT2D eigenvalue weighted by Crippen LogP contribution is 2.18. The maximum absolute atomic E-state index is 11.9. The first kappa shape index (κ1) is 12.9. The summed E-state index contributed by atoms with van der Waals surface area (Å²) >= 11 is 0. The normalized spacial score (nSPS) is 22.1. The standard InChI is InChI=1S/C10H19N3O3/c1-16-7(6-11)5-9(14)13-4-2-3-8(13)10(12)15/h7-8H,2-6,11H2,1H3,(H2,12,15). The molecular formula is C10H19N3O3. The van der Waals surface area contributed by atoms with Gasteiger partial charge in [0.2, 0.25) is 11.8 Å². The molecule has 6 heteroatoms. The van der Waals surface area contributed by atoms with Crippen molar-refractivity contribution in [3.05, 3.63) is 0 Å². The third-order valence-electron chi connectivity index (χ3n) is 2.90. The molecule has 0 bridgehead atoms. The van der Waals surface area contributed by atoms with Gasteiger partial charge in [-0.1, -0.05) is 0 Å². The van der Waals surface area contributed by atoms with Gasteiger partial charge >= 0.3 is 0 Å². The van der Waals surface area contributed by atoms with E-state index in [2.05, 4.69) is 0 Å². The molecule has 6 nitrogen and oxygen atoms in total. The highest BCUT2D eigenvalue weighted by atomic mass is 16.5. The van der Waals surface area contributed by atoms with Gasteiger partial charge in [-0.05, 0) is 12.8 Å². The molecule has 0 aliphatic carbocycles. The lowest BCUT2D eigenvalue weighted by atomic mass is 10.2. The van der Waals surface area contributed by atoms with Crippen molar-refractivity contribution in [3.63, 3.8) is 0 Å². The molecule has 0 spiro atoms. The molecule has 1 aliphatic heterocycles. The lowest BCUT2D eigenvalue weighted by molar-refractivity contribution is -0.139. The Morgan fingerprint density at radius 2 is 2.25 bits per heavy atom. The van der Waals surface area contributed by atoms with Crippen LogP contribution in [0.3, 0.4) is 0 Å². The third-order valence-corrected chi connectivity index (χ3v) is 2.90. The number of ether oxygens (including phenoxy) is 1. The summed E-state index contributed by atoms with van der Waals surface area (Å²) in [5, 5.41) is 0. The lowest BCUT2D eigenvalue weighted by Gasteiger charge is -2.24. The second kappa shape index (κ2) is 5.81. The van der Waals surface area contributed by atoms with E-state index in [-0.39, 0.29) is 25.0 Å². The molecule has 2 amide bonds. The average Bonchev–Trinajstić information content (AvgIpc) is 2.74. The maximum Gasteiger partial charge on any atom is 0.240 e. The summed E-state index contributed by atoms with van der Waals surface area (Å²) in [5.41, 5.74) is 10.7. The molecule has 0 aromatic heterocycles. The monoisotopic (exact) mass is 229 g/mol. The topological polar surface area (TPSA) is 98.7 Å². The number of primary amides is 1. The van der Waals surface area contributed by atoms with Gasteiger partial charge in [0, 0.05) is 20.2 Å². The number of likely N-dealkylation sites (tertiary alicyclic amines) is 1. The number of carbonyl (C=O) groups is 2. The molecule has 16 heavy (non-hydrogen) atoms. The fourth-order valence-corrected chi connectivity index (χ4v) is 1.94. The zero-order valence-electron chi connectivity index (χ0n) is 9.52. The predicted octanol–water partition coefficient (Wildman–Crippen LogP) is -1.17. The van der Waals surface area contributed by atoms with E-state index in [4.69, 9.17) is 16.2 Å². The minimum Gasteiger partial charge on any atom is -0.380 e. The molecule has 1 heterocycles. The summed E-state index contributed by atoms with van der Waals surface area (Å²) in [5.74, 6) is -0.550. The largest absolute Gasteiger partial charge is 0.380 e. The van der Waals surface area contributed by atoms with E-state index >= 15 is 0 Å². The Hall–Kier alpha value is -1.14. The predicted molar refractivity (Wildman–Crippen MR) is 58.4 cm³/mol. The quantitative estimate of drug-likeness (QED) is 0.620. The van der Waals surface area contributed by atoms with Crippen molar-refractivity contribution >= 4 is 11.8 Å². The molecule has 2 unspecified atom stereocenters. The summed E-state index contributed by atoms with van der Waals surface area (Å²) in [6.07, 6.45) is 1.39. The van der Waals surface area contributed by atoms with Crippen LogP contribution in [0, 0.1) is 0 Å². The van der Waals surface area contributed by atoms with Crippen molar-refractivity contribution in [1.82, 2.24) is 4.90 Å². The summed E-state index contributed by atoms with van der Waals surface area (Å²) in [4.78, 5) is 24.5.